The van der Waals surface area contributed by atoms with Crippen molar-refractivity contribution in [3.63, 3.8) is 0 Å². The molecule has 0 saturated carbocycles. The second-order valence-electron chi connectivity index (χ2n) is 9.27. The Bertz CT molecular complexity index is 846. The highest BCUT2D eigenvalue weighted by Gasteiger charge is 2.36. The zero-order valence-corrected chi connectivity index (χ0v) is 24.4. The first-order valence-electron chi connectivity index (χ1n) is 12.8. The van der Waals surface area contributed by atoms with Crippen molar-refractivity contribution in [3.8, 4) is 0 Å². The predicted octanol–water partition coefficient (Wildman–Crippen LogP) is 6.64. The second-order valence-corrected chi connectivity index (χ2v) is 14.9. The fourth-order valence-corrected chi connectivity index (χ4v) is 7.66. The molecule has 0 saturated heterocycles. The van der Waals surface area contributed by atoms with Gasteiger partial charge in [0.25, 0.3) is 0 Å². The van der Waals surface area contributed by atoms with Crippen LogP contribution in [0.25, 0.3) is 10.4 Å². The lowest BCUT2D eigenvalue weighted by molar-refractivity contribution is -0.124. The van der Waals surface area contributed by atoms with Gasteiger partial charge in [-0.2, -0.15) is 0 Å². The number of nitrogens with one attached hydrogen (secondary N) is 1. The molecule has 1 rings (SSSR count). The molecule has 1 amide bonds. The van der Waals surface area contributed by atoms with Gasteiger partial charge in [-0.1, -0.05) is 60.0 Å². The molecule has 0 aliphatic rings. The number of carbonyl (C=O) groups excluding carboxylic acids is 2. The van der Waals surface area contributed by atoms with E-state index in [2.05, 4.69) is 41.1 Å². The molecule has 198 valence electrons. The first-order valence-corrected chi connectivity index (χ1v) is 16.2. The largest absolute Gasteiger partial charge is 0.461 e. The van der Waals surface area contributed by atoms with Gasteiger partial charge in [0.15, 0.2) is 14.0 Å². The molecule has 1 aromatic heterocycles. The molecule has 9 nitrogen and oxygen atoms in total. The van der Waals surface area contributed by atoms with E-state index < -0.39 is 20.3 Å². The molecule has 0 aliphatic heterocycles. The molecule has 35 heavy (non-hydrogen) atoms. The molecule has 0 aromatic carbocycles. The van der Waals surface area contributed by atoms with E-state index >= 15 is 0 Å². The van der Waals surface area contributed by atoms with E-state index in [0.29, 0.717) is 11.4 Å². The van der Waals surface area contributed by atoms with Crippen molar-refractivity contribution in [1.82, 2.24) is 10.3 Å². The van der Waals surface area contributed by atoms with Crippen LogP contribution in [-0.2, 0) is 14.0 Å². The number of carbonyl (C=O) groups is 2. The number of amides is 1. The number of esters is 1. The molecule has 0 radical (unpaired) electrons. The van der Waals surface area contributed by atoms with Crippen LogP contribution in [0, 0.1) is 11.8 Å². The number of azide groups is 1. The zero-order valence-electron chi connectivity index (χ0n) is 22.5. The van der Waals surface area contributed by atoms with Crippen molar-refractivity contribution in [3.05, 3.63) is 26.5 Å². The van der Waals surface area contributed by atoms with Gasteiger partial charge < -0.3 is 14.5 Å². The Hall–Kier alpha value is -1.94. The molecule has 11 heteroatoms. The highest BCUT2D eigenvalue weighted by atomic mass is 32.1. The van der Waals surface area contributed by atoms with Crippen LogP contribution >= 0.6 is 11.3 Å². The van der Waals surface area contributed by atoms with Gasteiger partial charge in [0, 0.05) is 16.3 Å². The fourth-order valence-electron chi connectivity index (χ4n) is 3.94. The lowest BCUT2D eigenvalue weighted by Gasteiger charge is -2.35. The smallest absolute Gasteiger partial charge is 0.357 e. The van der Waals surface area contributed by atoms with Crippen molar-refractivity contribution in [2.24, 2.45) is 17.0 Å². The average molecular weight is 526 g/mol. The van der Waals surface area contributed by atoms with Crippen LogP contribution in [0.15, 0.2) is 10.5 Å². The van der Waals surface area contributed by atoms with Crippen LogP contribution in [0.5, 0.6) is 0 Å². The van der Waals surface area contributed by atoms with E-state index in [1.54, 1.807) is 12.3 Å². The summed E-state index contributed by atoms with van der Waals surface area (Å²) in [6.45, 7) is 16.5. The van der Waals surface area contributed by atoms with Gasteiger partial charge in [-0.25, -0.2) is 9.78 Å². The highest BCUT2D eigenvalue weighted by molar-refractivity contribution is 7.09. The molecular formula is C24H43N5O4SSi. The minimum Gasteiger partial charge on any atom is -0.461 e. The second kappa shape index (κ2) is 15.2. The molecule has 0 fully saturated rings. The highest BCUT2D eigenvalue weighted by Crippen LogP contribution is 2.35. The molecule has 4 atom stereocenters. The number of hydrogen-bond acceptors (Lipinski definition) is 7. The third-order valence-corrected chi connectivity index (χ3v) is 12.4. The van der Waals surface area contributed by atoms with Crippen LogP contribution < -0.4 is 5.32 Å². The Labute approximate surface area is 215 Å². The van der Waals surface area contributed by atoms with E-state index in [9.17, 15) is 9.59 Å². The third-order valence-electron chi connectivity index (χ3n) is 6.84. The summed E-state index contributed by atoms with van der Waals surface area (Å²) in [5.41, 5.74) is 9.26. The van der Waals surface area contributed by atoms with Crippen molar-refractivity contribution < 1.29 is 18.8 Å². The number of thiazole rings is 1. The normalized spacial score (nSPS) is 15.1. The summed E-state index contributed by atoms with van der Waals surface area (Å²) in [6.07, 6.45) is 0.879. The summed E-state index contributed by atoms with van der Waals surface area (Å²) in [5.74, 6) is -0.680. The summed E-state index contributed by atoms with van der Waals surface area (Å²) in [4.78, 5) is 32.8. The summed E-state index contributed by atoms with van der Waals surface area (Å²) in [6, 6.07) is 1.92. The Morgan fingerprint density at radius 1 is 1.17 bits per heavy atom. The quantitative estimate of drug-likeness (QED) is 0.0851. The Balaban J connectivity index is 3.30. The Morgan fingerprint density at radius 2 is 1.80 bits per heavy atom. The molecule has 0 spiro atoms. The maximum Gasteiger partial charge on any atom is 0.357 e. The van der Waals surface area contributed by atoms with Gasteiger partial charge in [0.1, 0.15) is 11.0 Å². The third kappa shape index (κ3) is 8.90. The summed E-state index contributed by atoms with van der Waals surface area (Å²) >= 11 is 1.39. The first kappa shape index (κ1) is 31.1. The lowest BCUT2D eigenvalue weighted by atomic mass is 9.95. The van der Waals surface area contributed by atoms with Gasteiger partial charge in [-0.15, -0.1) is 11.3 Å². The summed E-state index contributed by atoms with van der Waals surface area (Å²) < 4.78 is 12.0. The summed E-state index contributed by atoms with van der Waals surface area (Å²) in [5, 5.41) is 9.31. The minimum atomic E-state index is -2.02. The topological polar surface area (TPSA) is 126 Å². The lowest BCUT2D eigenvalue weighted by Crippen LogP contribution is -2.47. The van der Waals surface area contributed by atoms with Crippen molar-refractivity contribution in [2.75, 3.05) is 6.61 Å². The van der Waals surface area contributed by atoms with E-state index in [4.69, 9.17) is 14.7 Å². The molecule has 0 unspecified atom stereocenters. The first-order chi connectivity index (χ1) is 16.6. The van der Waals surface area contributed by atoms with E-state index in [1.807, 2.05) is 27.7 Å². The van der Waals surface area contributed by atoms with Crippen LogP contribution in [0.4, 0.5) is 0 Å². The maximum absolute atomic E-state index is 13.1. The van der Waals surface area contributed by atoms with Gasteiger partial charge in [0.2, 0.25) is 5.91 Å². The van der Waals surface area contributed by atoms with Gasteiger partial charge in [-0.3, -0.25) is 4.79 Å². The average Bonchev–Trinajstić information content (AvgIpc) is 3.34. The van der Waals surface area contributed by atoms with Crippen molar-refractivity contribution in [2.45, 2.75) is 105 Å². The van der Waals surface area contributed by atoms with Crippen LogP contribution in [0.2, 0.25) is 18.1 Å². The number of hydrogen-bond donors (Lipinski definition) is 1. The summed E-state index contributed by atoms with van der Waals surface area (Å²) in [7, 11) is -2.02. The van der Waals surface area contributed by atoms with Crippen molar-refractivity contribution >= 4 is 31.5 Å². The zero-order chi connectivity index (χ0) is 26.6. The molecule has 1 heterocycles. The number of nitrogens with zero attached hydrogens (tertiary/aromatic N) is 4. The predicted molar refractivity (Wildman–Crippen MR) is 143 cm³/mol. The number of ether oxygens (including phenoxy) is 1. The molecule has 0 aliphatic carbocycles. The van der Waals surface area contributed by atoms with Crippen LogP contribution in [-0.4, -0.2) is 43.9 Å². The van der Waals surface area contributed by atoms with Gasteiger partial charge in [-0.05, 0) is 48.8 Å². The Morgan fingerprint density at radius 3 is 2.29 bits per heavy atom. The van der Waals surface area contributed by atoms with E-state index in [1.165, 1.54) is 11.3 Å². The van der Waals surface area contributed by atoms with E-state index in [-0.39, 0.29) is 42.2 Å². The molecular weight excluding hydrogens is 482 g/mol. The number of rotatable bonds is 16. The van der Waals surface area contributed by atoms with Crippen LogP contribution in [0.1, 0.15) is 89.8 Å². The monoisotopic (exact) mass is 525 g/mol. The van der Waals surface area contributed by atoms with Gasteiger partial charge >= 0.3 is 5.97 Å². The Kier molecular flexibility index (Phi) is 13.5. The minimum absolute atomic E-state index is 0.0720. The molecule has 1 N–H and O–H groups in total. The number of aromatic nitrogens is 1. The van der Waals surface area contributed by atoms with E-state index in [0.717, 1.165) is 24.6 Å². The maximum atomic E-state index is 13.1. The SMILES string of the molecule is CCOC(=O)c1csc([C@@H](C[C@@H](NC(=O)[C@H](N=[N+]=[N-])[C@@H](C)CC)C(C)C)O[Si](CC)(CC)CC)n1. The van der Waals surface area contributed by atoms with Crippen molar-refractivity contribution in [1.29, 1.82) is 0 Å². The van der Waals surface area contributed by atoms with Gasteiger partial charge in [0.05, 0.1) is 12.7 Å². The standard InChI is InChI=1S/C24H43N5O4SSi/c1-9-17(8)21(28-29-25)22(30)26-18(16(6)7)14-20(33-35(11-3,12-4)13-5)23-27-19(15-34-23)24(31)32-10-2/h15-18,20-21H,9-14H2,1-8H3,(H,26,30)/t17-,18+,20+,21+/m0/s1. The molecule has 1 aromatic rings. The molecule has 0 bridgehead atoms. The fraction of sp³-hybridized carbons (Fsp3) is 0.792. The van der Waals surface area contributed by atoms with Crippen LogP contribution in [0.3, 0.4) is 0 Å².